The summed E-state index contributed by atoms with van der Waals surface area (Å²) >= 11 is 0. The Balaban J connectivity index is 2.17. The first kappa shape index (κ1) is 18.5. The summed E-state index contributed by atoms with van der Waals surface area (Å²) in [6.45, 7) is 7.73. The van der Waals surface area contributed by atoms with Gasteiger partial charge in [-0.25, -0.2) is 0 Å². The Morgan fingerprint density at radius 3 is 2.56 bits per heavy atom. The second-order valence-electron chi connectivity index (χ2n) is 6.40. The van der Waals surface area contributed by atoms with E-state index in [1.54, 1.807) is 19.2 Å². The molecular weight excluding hydrogens is 340 g/mol. The number of rotatable bonds is 6. The predicted octanol–water partition coefficient (Wildman–Crippen LogP) is 3.69. The Morgan fingerprint density at radius 1 is 1.11 bits per heavy atom. The molecule has 0 bridgehead atoms. The van der Waals surface area contributed by atoms with Crippen molar-refractivity contribution in [3.05, 3.63) is 77.5 Å². The van der Waals surface area contributed by atoms with Gasteiger partial charge >= 0.3 is 0 Å². The molecule has 5 nitrogen and oxygen atoms in total. The summed E-state index contributed by atoms with van der Waals surface area (Å²) < 4.78 is 5.41. The smallest absolute Gasteiger partial charge is 0.278 e. The van der Waals surface area contributed by atoms with Crippen molar-refractivity contribution in [2.75, 3.05) is 19.0 Å². The molecule has 0 radical (unpaired) electrons. The average Bonchev–Trinajstić information content (AvgIpc) is 2.89. The van der Waals surface area contributed by atoms with Crippen LogP contribution in [0.25, 0.3) is 5.57 Å². The molecule has 0 saturated carbocycles. The molecule has 0 unspecified atom stereocenters. The molecule has 0 spiro atoms. The Bertz CT molecular complexity index is 960. The Morgan fingerprint density at radius 2 is 1.85 bits per heavy atom. The topological polar surface area (TPSA) is 58.6 Å². The molecule has 27 heavy (non-hydrogen) atoms. The molecule has 0 fully saturated rings. The van der Waals surface area contributed by atoms with Gasteiger partial charge in [0.2, 0.25) is 0 Å². The van der Waals surface area contributed by atoms with Crippen LogP contribution < -0.4 is 10.1 Å². The van der Waals surface area contributed by atoms with Crippen LogP contribution in [0.4, 0.5) is 5.69 Å². The lowest BCUT2D eigenvalue weighted by Gasteiger charge is -2.13. The average molecular weight is 362 g/mol. The summed E-state index contributed by atoms with van der Waals surface area (Å²) in [7, 11) is 1.54. The molecule has 1 aliphatic rings. The molecule has 2 amide bonds. The van der Waals surface area contributed by atoms with E-state index in [1.807, 2.05) is 44.2 Å². The number of anilines is 1. The molecule has 5 heteroatoms. The number of carbonyl (C=O) groups is 2. The minimum atomic E-state index is -0.373. The van der Waals surface area contributed by atoms with E-state index in [4.69, 9.17) is 4.74 Å². The summed E-state index contributed by atoms with van der Waals surface area (Å²) in [4.78, 5) is 27.2. The number of para-hydroxylation sites is 1. The van der Waals surface area contributed by atoms with Gasteiger partial charge in [-0.2, -0.15) is 0 Å². The minimum absolute atomic E-state index is 0.147. The van der Waals surface area contributed by atoms with Crippen LogP contribution >= 0.6 is 0 Å². The van der Waals surface area contributed by atoms with Gasteiger partial charge in [0.25, 0.3) is 11.8 Å². The molecule has 1 N–H and O–H groups in total. The van der Waals surface area contributed by atoms with Gasteiger partial charge in [-0.1, -0.05) is 36.4 Å². The summed E-state index contributed by atoms with van der Waals surface area (Å²) in [5, 5.41) is 3.20. The highest BCUT2D eigenvalue weighted by Crippen LogP contribution is 2.35. The molecule has 0 saturated heterocycles. The van der Waals surface area contributed by atoms with Gasteiger partial charge in [0.1, 0.15) is 11.4 Å². The van der Waals surface area contributed by atoms with Gasteiger partial charge in [-0.15, -0.1) is 6.58 Å². The zero-order chi connectivity index (χ0) is 19.6. The van der Waals surface area contributed by atoms with E-state index < -0.39 is 0 Å². The van der Waals surface area contributed by atoms with E-state index in [2.05, 4.69) is 11.9 Å². The summed E-state index contributed by atoms with van der Waals surface area (Å²) in [5.74, 6) is -0.201. The van der Waals surface area contributed by atoms with Crippen LogP contribution in [0.3, 0.4) is 0 Å². The van der Waals surface area contributed by atoms with Crippen LogP contribution in [0.1, 0.15) is 16.7 Å². The van der Waals surface area contributed by atoms with Gasteiger partial charge in [-0.3, -0.25) is 14.5 Å². The number of imide groups is 1. The zero-order valence-corrected chi connectivity index (χ0v) is 15.7. The standard InChI is InChI=1S/C22H22N2O3/c1-5-12-24-21(25)19(16-8-6-7-9-18(16)27-4)20(22(24)26)23-17-13-14(2)10-11-15(17)3/h5-11,13,23H,1,12H2,2-4H3. The monoisotopic (exact) mass is 362 g/mol. The second-order valence-corrected chi connectivity index (χ2v) is 6.40. The van der Waals surface area contributed by atoms with Crippen molar-refractivity contribution in [2.24, 2.45) is 0 Å². The number of nitrogens with one attached hydrogen (secondary N) is 1. The number of nitrogens with zero attached hydrogens (tertiary/aromatic N) is 1. The number of methoxy groups -OCH3 is 1. The minimum Gasteiger partial charge on any atom is -0.496 e. The number of ether oxygens (including phenoxy) is 1. The Labute approximate surface area is 158 Å². The SMILES string of the molecule is C=CCN1C(=O)C(Nc2cc(C)ccc2C)=C(c2ccccc2OC)C1=O. The van der Waals surface area contributed by atoms with Gasteiger partial charge in [0.15, 0.2) is 0 Å². The summed E-state index contributed by atoms with van der Waals surface area (Å²) in [5.41, 5.74) is 3.97. The van der Waals surface area contributed by atoms with E-state index in [9.17, 15) is 9.59 Å². The lowest BCUT2D eigenvalue weighted by molar-refractivity contribution is -0.136. The van der Waals surface area contributed by atoms with Crippen LogP contribution in [0.5, 0.6) is 5.75 Å². The third-order valence-electron chi connectivity index (χ3n) is 4.51. The lowest BCUT2D eigenvalue weighted by atomic mass is 10.0. The fraction of sp³-hybridized carbons (Fsp3) is 0.182. The van der Waals surface area contributed by atoms with Crippen LogP contribution in [0, 0.1) is 13.8 Å². The highest BCUT2D eigenvalue weighted by Gasteiger charge is 2.39. The van der Waals surface area contributed by atoms with Crippen molar-refractivity contribution in [1.29, 1.82) is 0 Å². The molecule has 0 aliphatic carbocycles. The zero-order valence-electron chi connectivity index (χ0n) is 15.7. The van der Waals surface area contributed by atoms with Crippen molar-refractivity contribution < 1.29 is 14.3 Å². The third kappa shape index (κ3) is 3.36. The molecule has 3 rings (SSSR count). The first-order valence-electron chi connectivity index (χ1n) is 8.67. The van der Waals surface area contributed by atoms with Crippen molar-refractivity contribution in [1.82, 2.24) is 4.90 Å². The highest BCUT2D eigenvalue weighted by molar-refractivity contribution is 6.37. The van der Waals surface area contributed by atoms with Crippen LogP contribution in [-0.2, 0) is 9.59 Å². The maximum absolute atomic E-state index is 13.0. The van der Waals surface area contributed by atoms with Crippen LogP contribution in [-0.4, -0.2) is 30.4 Å². The van der Waals surface area contributed by atoms with Crippen molar-refractivity contribution >= 4 is 23.1 Å². The van der Waals surface area contributed by atoms with Crippen LogP contribution in [0.2, 0.25) is 0 Å². The number of benzene rings is 2. The number of carbonyl (C=O) groups excluding carboxylic acids is 2. The van der Waals surface area contributed by atoms with Crippen molar-refractivity contribution in [3.63, 3.8) is 0 Å². The van der Waals surface area contributed by atoms with E-state index in [1.165, 1.54) is 11.0 Å². The van der Waals surface area contributed by atoms with Gasteiger partial charge < -0.3 is 10.1 Å². The maximum atomic E-state index is 13.0. The molecule has 2 aromatic carbocycles. The molecular formula is C22H22N2O3. The van der Waals surface area contributed by atoms with E-state index in [0.29, 0.717) is 16.9 Å². The largest absolute Gasteiger partial charge is 0.496 e. The molecule has 0 atom stereocenters. The van der Waals surface area contributed by atoms with Crippen molar-refractivity contribution in [2.45, 2.75) is 13.8 Å². The number of aryl methyl sites for hydroxylation is 2. The first-order valence-corrected chi connectivity index (χ1v) is 8.67. The van der Waals surface area contributed by atoms with E-state index in [-0.39, 0.29) is 24.1 Å². The molecule has 138 valence electrons. The normalized spacial score (nSPS) is 14.0. The van der Waals surface area contributed by atoms with Gasteiger partial charge in [0.05, 0.1) is 12.7 Å². The van der Waals surface area contributed by atoms with Crippen molar-refractivity contribution in [3.8, 4) is 5.75 Å². The quantitative estimate of drug-likeness (QED) is 0.629. The van der Waals surface area contributed by atoms with E-state index in [0.717, 1.165) is 16.8 Å². The van der Waals surface area contributed by atoms with Gasteiger partial charge in [0, 0.05) is 17.8 Å². The molecule has 0 aromatic heterocycles. The van der Waals surface area contributed by atoms with Gasteiger partial charge in [-0.05, 0) is 37.1 Å². The second kappa shape index (κ2) is 7.50. The fourth-order valence-electron chi connectivity index (χ4n) is 3.09. The van der Waals surface area contributed by atoms with Crippen LogP contribution in [0.15, 0.2) is 60.8 Å². The third-order valence-corrected chi connectivity index (χ3v) is 4.51. The lowest BCUT2D eigenvalue weighted by Crippen LogP contribution is -2.32. The molecule has 1 heterocycles. The number of hydrogen-bond acceptors (Lipinski definition) is 4. The maximum Gasteiger partial charge on any atom is 0.278 e. The molecule has 2 aromatic rings. The predicted molar refractivity (Wildman–Crippen MR) is 106 cm³/mol. The molecule has 1 aliphatic heterocycles. The van der Waals surface area contributed by atoms with E-state index >= 15 is 0 Å². The summed E-state index contributed by atoms with van der Waals surface area (Å²) in [6, 6.07) is 13.1. The number of amides is 2. The Kier molecular flexibility index (Phi) is 5.12. The Hall–Kier alpha value is -3.34. The highest BCUT2D eigenvalue weighted by atomic mass is 16.5. The number of hydrogen-bond donors (Lipinski definition) is 1. The first-order chi connectivity index (χ1) is 13.0. The fourth-order valence-corrected chi connectivity index (χ4v) is 3.09. The summed E-state index contributed by atoms with van der Waals surface area (Å²) in [6.07, 6.45) is 1.54.